The van der Waals surface area contributed by atoms with Crippen molar-refractivity contribution in [1.82, 2.24) is 25.4 Å². The van der Waals surface area contributed by atoms with Crippen molar-refractivity contribution in [2.75, 3.05) is 13.7 Å². The van der Waals surface area contributed by atoms with Crippen LogP contribution >= 0.6 is 39.9 Å². The molecule has 0 aliphatic carbocycles. The number of halogens is 3. The predicted molar refractivity (Wildman–Crippen MR) is 120 cm³/mol. The summed E-state index contributed by atoms with van der Waals surface area (Å²) in [5.74, 6) is 2.10. The second-order valence-corrected chi connectivity index (χ2v) is 7.29. The van der Waals surface area contributed by atoms with Gasteiger partial charge in [0.2, 0.25) is 0 Å². The Bertz CT molecular complexity index is 815. The predicted octanol–water partition coefficient (Wildman–Crippen LogP) is 3.01. The van der Waals surface area contributed by atoms with Crippen LogP contribution in [0, 0.1) is 5.82 Å². The van der Waals surface area contributed by atoms with Crippen LogP contribution in [0.5, 0.6) is 0 Å². The van der Waals surface area contributed by atoms with Gasteiger partial charge >= 0.3 is 0 Å². The van der Waals surface area contributed by atoms with Gasteiger partial charge in [0.25, 0.3) is 0 Å². The molecule has 0 radical (unpaired) electrons. The third-order valence-electron chi connectivity index (χ3n) is 4.28. The Labute approximate surface area is 189 Å². The lowest BCUT2D eigenvalue weighted by molar-refractivity contribution is 0.177. The van der Waals surface area contributed by atoms with Gasteiger partial charge in [-0.15, -0.1) is 24.0 Å². The van der Waals surface area contributed by atoms with Crippen molar-refractivity contribution in [2.45, 2.75) is 45.5 Å². The zero-order valence-corrected chi connectivity index (χ0v) is 19.8. The molecule has 2 aromatic rings. The molecule has 0 spiro atoms. The Hall–Kier alpha value is -1.27. The van der Waals surface area contributed by atoms with E-state index in [1.54, 1.807) is 19.2 Å². The van der Waals surface area contributed by atoms with Gasteiger partial charge in [0.15, 0.2) is 11.8 Å². The fourth-order valence-electron chi connectivity index (χ4n) is 3.01. The van der Waals surface area contributed by atoms with Gasteiger partial charge in [-0.3, -0.25) is 0 Å². The Balaban J connectivity index is 0.00000280. The lowest BCUT2D eigenvalue weighted by atomic mass is 10.1. The summed E-state index contributed by atoms with van der Waals surface area (Å²) in [5.41, 5.74) is 0.549. The SMILES string of the molecule is CCNC(=NCc1cc(Br)ccc1F)NC1CCc2nc(COC)nn2C1.I. The van der Waals surface area contributed by atoms with Crippen LogP contribution in [0.4, 0.5) is 4.39 Å². The molecular weight excluding hydrogens is 542 g/mol. The third-order valence-corrected chi connectivity index (χ3v) is 4.77. The van der Waals surface area contributed by atoms with Crippen molar-refractivity contribution >= 4 is 45.9 Å². The van der Waals surface area contributed by atoms with Crippen LogP contribution in [-0.2, 0) is 30.9 Å². The molecule has 1 atom stereocenters. The molecule has 154 valence electrons. The first-order valence-electron chi connectivity index (χ1n) is 8.99. The Morgan fingerprint density at radius 2 is 2.29 bits per heavy atom. The summed E-state index contributed by atoms with van der Waals surface area (Å²) in [6, 6.07) is 5.06. The van der Waals surface area contributed by atoms with Crippen molar-refractivity contribution in [3.63, 3.8) is 0 Å². The highest BCUT2D eigenvalue weighted by Gasteiger charge is 2.22. The highest BCUT2D eigenvalue weighted by Crippen LogP contribution is 2.17. The molecule has 0 saturated carbocycles. The van der Waals surface area contributed by atoms with Crippen molar-refractivity contribution in [1.29, 1.82) is 0 Å². The van der Waals surface area contributed by atoms with Gasteiger partial charge in [-0.2, -0.15) is 5.10 Å². The second-order valence-electron chi connectivity index (χ2n) is 6.37. The second kappa shape index (κ2) is 11.1. The number of nitrogens with one attached hydrogen (secondary N) is 2. The molecule has 1 aromatic carbocycles. The van der Waals surface area contributed by atoms with Crippen LogP contribution in [0.1, 0.15) is 30.6 Å². The zero-order chi connectivity index (χ0) is 19.2. The number of aryl methyl sites for hydroxylation is 1. The first-order valence-corrected chi connectivity index (χ1v) is 9.78. The number of aromatic nitrogens is 3. The molecule has 3 rings (SSSR count). The fourth-order valence-corrected chi connectivity index (χ4v) is 3.42. The van der Waals surface area contributed by atoms with Crippen LogP contribution in [0.3, 0.4) is 0 Å². The molecular formula is C18H25BrFIN6O. The van der Waals surface area contributed by atoms with Gasteiger partial charge in [0.05, 0.1) is 13.1 Å². The van der Waals surface area contributed by atoms with E-state index >= 15 is 0 Å². The Morgan fingerprint density at radius 1 is 1.46 bits per heavy atom. The number of rotatable bonds is 6. The summed E-state index contributed by atoms with van der Waals surface area (Å²) in [7, 11) is 1.64. The van der Waals surface area contributed by atoms with Crippen molar-refractivity contribution in [3.8, 4) is 0 Å². The molecule has 2 N–H and O–H groups in total. The Kier molecular flexibility index (Phi) is 9.09. The highest BCUT2D eigenvalue weighted by molar-refractivity contribution is 14.0. The minimum Gasteiger partial charge on any atom is -0.377 e. The summed E-state index contributed by atoms with van der Waals surface area (Å²) in [5, 5.41) is 11.1. The third kappa shape index (κ3) is 6.11. The number of guanidine groups is 1. The van der Waals surface area contributed by atoms with E-state index in [2.05, 4.69) is 41.6 Å². The Morgan fingerprint density at radius 3 is 3.04 bits per heavy atom. The summed E-state index contributed by atoms with van der Waals surface area (Å²) in [6.45, 7) is 4.12. The minimum atomic E-state index is -0.256. The molecule has 10 heteroatoms. The average Bonchev–Trinajstić information content (AvgIpc) is 3.04. The lowest BCUT2D eigenvalue weighted by Gasteiger charge is -2.25. The van der Waals surface area contributed by atoms with Gasteiger partial charge in [0.1, 0.15) is 18.2 Å². The van der Waals surface area contributed by atoms with Gasteiger partial charge < -0.3 is 15.4 Å². The number of ether oxygens (including phenoxy) is 1. The number of nitrogens with zero attached hydrogens (tertiary/aromatic N) is 4. The fraction of sp³-hybridized carbons (Fsp3) is 0.500. The summed E-state index contributed by atoms with van der Waals surface area (Å²) in [4.78, 5) is 9.03. The van der Waals surface area contributed by atoms with E-state index in [0.717, 1.165) is 29.7 Å². The van der Waals surface area contributed by atoms with Crippen LogP contribution < -0.4 is 10.6 Å². The molecule has 2 heterocycles. The van der Waals surface area contributed by atoms with E-state index in [9.17, 15) is 4.39 Å². The van der Waals surface area contributed by atoms with Crippen molar-refractivity contribution < 1.29 is 9.13 Å². The number of aliphatic imine (C=N–C) groups is 1. The van der Waals surface area contributed by atoms with Crippen LogP contribution in [0.15, 0.2) is 27.7 Å². The number of benzene rings is 1. The van der Waals surface area contributed by atoms with E-state index in [-0.39, 0.29) is 42.4 Å². The van der Waals surface area contributed by atoms with E-state index in [0.29, 0.717) is 30.5 Å². The van der Waals surface area contributed by atoms with Crippen molar-refractivity contribution in [3.05, 3.63) is 45.7 Å². The van der Waals surface area contributed by atoms with Gasteiger partial charge in [0, 0.05) is 36.2 Å². The first-order chi connectivity index (χ1) is 13.1. The normalized spacial score (nSPS) is 16.3. The molecule has 1 unspecified atom stereocenters. The monoisotopic (exact) mass is 566 g/mol. The zero-order valence-electron chi connectivity index (χ0n) is 15.9. The number of fused-ring (bicyclic) bond motifs is 1. The van der Waals surface area contributed by atoms with Gasteiger partial charge in [-0.1, -0.05) is 15.9 Å². The van der Waals surface area contributed by atoms with E-state index in [1.807, 2.05) is 11.6 Å². The van der Waals surface area contributed by atoms with E-state index in [4.69, 9.17) is 4.74 Å². The number of hydrogen-bond donors (Lipinski definition) is 2. The van der Waals surface area contributed by atoms with Crippen LogP contribution in [0.25, 0.3) is 0 Å². The minimum absolute atomic E-state index is 0. The summed E-state index contributed by atoms with van der Waals surface area (Å²) in [6.07, 6.45) is 1.77. The standard InChI is InChI=1S/C18H24BrFN6O.HI/c1-3-21-18(22-9-12-8-13(19)4-6-15(12)20)23-14-5-7-17-24-16(11-27-2)25-26(17)10-14;/h4,6,8,14H,3,5,7,9-11H2,1-2H3,(H2,21,22,23);1H. The van der Waals surface area contributed by atoms with Crippen LogP contribution in [-0.4, -0.2) is 40.4 Å². The van der Waals surface area contributed by atoms with Crippen LogP contribution in [0.2, 0.25) is 0 Å². The first kappa shape index (κ1) is 23.0. The quantitative estimate of drug-likeness (QED) is 0.319. The number of methoxy groups -OCH3 is 1. The smallest absolute Gasteiger partial charge is 0.191 e. The van der Waals surface area contributed by atoms with Gasteiger partial charge in [-0.25, -0.2) is 19.0 Å². The molecule has 1 aliphatic rings. The molecule has 0 fully saturated rings. The molecule has 0 bridgehead atoms. The summed E-state index contributed by atoms with van der Waals surface area (Å²) >= 11 is 3.37. The topological polar surface area (TPSA) is 76.4 Å². The maximum Gasteiger partial charge on any atom is 0.191 e. The maximum atomic E-state index is 13.9. The molecule has 0 saturated heterocycles. The van der Waals surface area contributed by atoms with Crippen molar-refractivity contribution in [2.24, 2.45) is 4.99 Å². The van der Waals surface area contributed by atoms with E-state index in [1.165, 1.54) is 6.07 Å². The number of hydrogen-bond acceptors (Lipinski definition) is 4. The van der Waals surface area contributed by atoms with E-state index < -0.39 is 0 Å². The lowest BCUT2D eigenvalue weighted by Crippen LogP contribution is -2.47. The molecule has 0 amide bonds. The molecule has 1 aromatic heterocycles. The average molecular weight is 567 g/mol. The maximum absolute atomic E-state index is 13.9. The highest BCUT2D eigenvalue weighted by atomic mass is 127. The molecule has 28 heavy (non-hydrogen) atoms. The van der Waals surface area contributed by atoms with Gasteiger partial charge in [-0.05, 0) is 31.5 Å². The molecule has 1 aliphatic heterocycles. The largest absolute Gasteiger partial charge is 0.377 e. The summed E-state index contributed by atoms with van der Waals surface area (Å²) < 4.78 is 21.8. The molecule has 7 nitrogen and oxygen atoms in total.